The largest absolute Gasteiger partial charge is 0.348 e. The monoisotopic (exact) mass is 507 g/mol. The summed E-state index contributed by atoms with van der Waals surface area (Å²) >= 11 is 16.1. The standard InChI is InChI=1S/C23H24BrCl2N3O/c24-16-9-7-15(8-10-16)22-14-20(23(30)27-18-5-3-1-2-4-6-18)28-29(22)21-12-11-17(25)13-19(21)26/h7-13,18,22H,1-6,14H2,(H,27,30). The Labute approximate surface area is 195 Å². The van der Waals surface area contributed by atoms with Crippen LogP contribution in [0.4, 0.5) is 5.69 Å². The first kappa shape index (κ1) is 21.7. The summed E-state index contributed by atoms with van der Waals surface area (Å²) in [5.74, 6) is -0.0726. The molecular formula is C23H24BrCl2N3O. The van der Waals surface area contributed by atoms with Crippen LogP contribution in [0.15, 0.2) is 52.0 Å². The van der Waals surface area contributed by atoms with Crippen LogP contribution in [0.2, 0.25) is 10.0 Å². The van der Waals surface area contributed by atoms with Crippen molar-refractivity contribution in [1.29, 1.82) is 0 Å². The fourth-order valence-corrected chi connectivity index (χ4v) is 4.93. The molecule has 1 fully saturated rings. The third-order valence-electron chi connectivity index (χ3n) is 5.77. The summed E-state index contributed by atoms with van der Waals surface area (Å²) < 4.78 is 1.01. The van der Waals surface area contributed by atoms with E-state index in [1.54, 1.807) is 12.1 Å². The minimum absolute atomic E-state index is 0.0726. The lowest BCUT2D eigenvalue weighted by Gasteiger charge is -2.25. The minimum atomic E-state index is -0.105. The molecule has 0 radical (unpaired) electrons. The molecule has 1 unspecified atom stereocenters. The summed E-state index contributed by atoms with van der Waals surface area (Å²) in [5.41, 5.74) is 2.36. The van der Waals surface area contributed by atoms with Gasteiger partial charge in [0, 0.05) is 22.0 Å². The number of carbonyl (C=O) groups excluding carboxylic acids is 1. The van der Waals surface area contributed by atoms with Crippen molar-refractivity contribution in [3.63, 3.8) is 0 Å². The van der Waals surface area contributed by atoms with Gasteiger partial charge in [0.15, 0.2) is 0 Å². The van der Waals surface area contributed by atoms with E-state index in [2.05, 4.69) is 21.2 Å². The molecule has 158 valence electrons. The van der Waals surface area contributed by atoms with E-state index in [1.807, 2.05) is 35.3 Å². The summed E-state index contributed by atoms with van der Waals surface area (Å²) in [4.78, 5) is 13.0. The predicted octanol–water partition coefficient (Wildman–Crippen LogP) is 6.90. The Morgan fingerprint density at radius 3 is 2.40 bits per heavy atom. The predicted molar refractivity (Wildman–Crippen MR) is 128 cm³/mol. The molecule has 7 heteroatoms. The summed E-state index contributed by atoms with van der Waals surface area (Å²) in [5, 5.41) is 10.9. The lowest BCUT2D eigenvalue weighted by atomic mass is 10.0. The fourth-order valence-electron chi connectivity index (χ4n) is 4.17. The molecule has 0 bridgehead atoms. The zero-order valence-corrected chi connectivity index (χ0v) is 19.7. The Kier molecular flexibility index (Phi) is 7.01. The average molecular weight is 509 g/mol. The van der Waals surface area contributed by atoms with Crippen molar-refractivity contribution in [2.24, 2.45) is 5.10 Å². The Morgan fingerprint density at radius 2 is 1.73 bits per heavy atom. The Morgan fingerprint density at radius 1 is 1.03 bits per heavy atom. The Hall–Kier alpha value is -1.56. The van der Waals surface area contributed by atoms with Crippen LogP contribution in [0, 0.1) is 0 Å². The topological polar surface area (TPSA) is 44.7 Å². The number of amides is 1. The molecule has 2 aromatic carbocycles. The van der Waals surface area contributed by atoms with Crippen LogP contribution < -0.4 is 10.3 Å². The zero-order valence-electron chi connectivity index (χ0n) is 16.6. The second kappa shape index (κ2) is 9.71. The molecule has 1 aliphatic heterocycles. The van der Waals surface area contributed by atoms with Crippen molar-refractivity contribution >= 4 is 56.4 Å². The lowest BCUT2D eigenvalue weighted by molar-refractivity contribution is -0.115. The number of hydrogen-bond donors (Lipinski definition) is 1. The van der Waals surface area contributed by atoms with Gasteiger partial charge < -0.3 is 5.32 Å². The maximum Gasteiger partial charge on any atom is 0.267 e. The number of nitrogens with one attached hydrogen (secondary N) is 1. The first-order chi connectivity index (χ1) is 14.5. The van der Waals surface area contributed by atoms with E-state index in [0.29, 0.717) is 22.2 Å². The van der Waals surface area contributed by atoms with E-state index < -0.39 is 0 Å². The molecule has 2 aromatic rings. The molecule has 0 aromatic heterocycles. The van der Waals surface area contributed by atoms with Crippen LogP contribution in [-0.2, 0) is 4.79 Å². The van der Waals surface area contributed by atoms with Gasteiger partial charge in [0.25, 0.3) is 5.91 Å². The zero-order chi connectivity index (χ0) is 21.1. The van der Waals surface area contributed by atoms with E-state index in [-0.39, 0.29) is 18.0 Å². The summed E-state index contributed by atoms with van der Waals surface area (Å²) in [6.45, 7) is 0. The molecule has 4 rings (SSSR count). The van der Waals surface area contributed by atoms with Gasteiger partial charge in [0.05, 0.1) is 16.8 Å². The van der Waals surface area contributed by atoms with Gasteiger partial charge in [-0.2, -0.15) is 5.10 Å². The van der Waals surface area contributed by atoms with Crippen molar-refractivity contribution in [3.05, 3.63) is 62.5 Å². The average Bonchev–Trinajstić information content (AvgIpc) is 3.00. The number of hydrazone groups is 1. The second-order valence-corrected chi connectivity index (χ2v) is 9.68. The van der Waals surface area contributed by atoms with E-state index in [4.69, 9.17) is 28.3 Å². The summed E-state index contributed by atoms with van der Waals surface area (Å²) in [7, 11) is 0. The second-order valence-electron chi connectivity index (χ2n) is 7.92. The van der Waals surface area contributed by atoms with Crippen LogP contribution in [-0.4, -0.2) is 17.7 Å². The van der Waals surface area contributed by atoms with Gasteiger partial charge in [-0.3, -0.25) is 9.80 Å². The normalized spacial score (nSPS) is 20.0. The van der Waals surface area contributed by atoms with Gasteiger partial charge in [-0.15, -0.1) is 0 Å². The van der Waals surface area contributed by atoms with Gasteiger partial charge >= 0.3 is 0 Å². The van der Waals surface area contributed by atoms with Crippen molar-refractivity contribution in [3.8, 4) is 0 Å². The number of rotatable bonds is 4. The maximum atomic E-state index is 13.0. The first-order valence-electron chi connectivity index (χ1n) is 10.4. The minimum Gasteiger partial charge on any atom is -0.348 e. The molecule has 1 atom stereocenters. The van der Waals surface area contributed by atoms with Gasteiger partial charge in [-0.25, -0.2) is 0 Å². The fraction of sp³-hybridized carbons (Fsp3) is 0.391. The molecule has 0 spiro atoms. The molecule has 1 heterocycles. The van der Waals surface area contributed by atoms with Crippen molar-refractivity contribution in [2.75, 3.05) is 5.01 Å². The smallest absolute Gasteiger partial charge is 0.267 e. The number of benzene rings is 2. The third kappa shape index (κ3) is 5.01. The first-order valence-corrected chi connectivity index (χ1v) is 11.9. The van der Waals surface area contributed by atoms with Gasteiger partial charge in [-0.05, 0) is 48.7 Å². The quantitative estimate of drug-likeness (QED) is 0.456. The highest BCUT2D eigenvalue weighted by Crippen LogP contribution is 2.40. The van der Waals surface area contributed by atoms with E-state index in [9.17, 15) is 4.79 Å². The van der Waals surface area contributed by atoms with Gasteiger partial charge in [0.2, 0.25) is 0 Å². The number of nitrogens with zero attached hydrogens (tertiary/aromatic N) is 2. The van der Waals surface area contributed by atoms with Crippen LogP contribution >= 0.6 is 39.1 Å². The molecule has 1 saturated carbocycles. The highest BCUT2D eigenvalue weighted by molar-refractivity contribution is 9.10. The Bertz CT molecular complexity index is 940. The summed E-state index contributed by atoms with van der Waals surface area (Å²) in [6.07, 6.45) is 7.46. The molecule has 4 nitrogen and oxygen atoms in total. The highest BCUT2D eigenvalue weighted by Gasteiger charge is 2.34. The third-order valence-corrected chi connectivity index (χ3v) is 6.84. The molecule has 1 amide bonds. The van der Waals surface area contributed by atoms with Gasteiger partial charge in [-0.1, -0.05) is 76.9 Å². The van der Waals surface area contributed by atoms with Crippen LogP contribution in [0.25, 0.3) is 0 Å². The van der Waals surface area contributed by atoms with E-state index in [0.717, 1.165) is 28.6 Å². The van der Waals surface area contributed by atoms with E-state index in [1.165, 1.54) is 25.7 Å². The molecule has 0 saturated heterocycles. The van der Waals surface area contributed by atoms with E-state index >= 15 is 0 Å². The van der Waals surface area contributed by atoms with Crippen molar-refractivity contribution in [2.45, 2.75) is 57.0 Å². The van der Waals surface area contributed by atoms with Crippen LogP contribution in [0.1, 0.15) is 56.6 Å². The highest BCUT2D eigenvalue weighted by atomic mass is 79.9. The molecular weight excluding hydrogens is 485 g/mol. The SMILES string of the molecule is O=C(NC1CCCCCC1)C1=NN(c2ccc(Cl)cc2Cl)C(c2ccc(Br)cc2)C1. The molecule has 2 aliphatic rings. The van der Waals surface area contributed by atoms with Crippen molar-refractivity contribution in [1.82, 2.24) is 5.32 Å². The maximum absolute atomic E-state index is 13.0. The molecule has 1 N–H and O–H groups in total. The molecule has 30 heavy (non-hydrogen) atoms. The lowest BCUT2D eigenvalue weighted by Crippen LogP contribution is -2.38. The number of halogens is 3. The molecule has 1 aliphatic carbocycles. The number of anilines is 1. The Balaban J connectivity index is 1.61. The summed E-state index contributed by atoms with van der Waals surface area (Å²) in [6, 6.07) is 13.6. The number of hydrogen-bond acceptors (Lipinski definition) is 3. The van der Waals surface area contributed by atoms with Gasteiger partial charge in [0.1, 0.15) is 5.71 Å². The number of carbonyl (C=O) groups is 1. The van der Waals surface area contributed by atoms with Crippen LogP contribution in [0.5, 0.6) is 0 Å². The van der Waals surface area contributed by atoms with Crippen molar-refractivity contribution < 1.29 is 4.79 Å². The van der Waals surface area contributed by atoms with Crippen LogP contribution in [0.3, 0.4) is 0 Å².